The molecule has 2 aromatic carbocycles. The molecule has 0 fully saturated rings. The summed E-state index contributed by atoms with van der Waals surface area (Å²) in [5, 5.41) is 0. The molecule has 3 heteroatoms. The molecule has 0 atom stereocenters. The number of ether oxygens (including phenoxy) is 1. The molecule has 3 nitrogen and oxygen atoms in total. The third-order valence-corrected chi connectivity index (χ3v) is 4.49. The second-order valence-electron chi connectivity index (χ2n) is 6.94. The van der Waals surface area contributed by atoms with Crippen LogP contribution in [0.15, 0.2) is 65.8 Å². The highest BCUT2D eigenvalue weighted by molar-refractivity contribution is 5.93. The van der Waals surface area contributed by atoms with Crippen molar-refractivity contribution >= 4 is 29.9 Å². The summed E-state index contributed by atoms with van der Waals surface area (Å²) in [6.45, 7) is 5.63. The van der Waals surface area contributed by atoms with Crippen molar-refractivity contribution in [2.45, 2.75) is 26.4 Å². The van der Waals surface area contributed by atoms with E-state index in [1.807, 2.05) is 57.2 Å². The lowest BCUT2D eigenvalue weighted by molar-refractivity contribution is -0.144. The van der Waals surface area contributed by atoms with Crippen molar-refractivity contribution in [3.8, 4) is 0 Å². The first-order chi connectivity index (χ1) is 12.3. The zero-order chi connectivity index (χ0) is 18.7. The van der Waals surface area contributed by atoms with Gasteiger partial charge in [0.05, 0.1) is 0 Å². The van der Waals surface area contributed by atoms with Crippen LogP contribution >= 0.6 is 0 Å². The Balaban J connectivity index is 1.72. The van der Waals surface area contributed by atoms with Crippen LogP contribution in [0.2, 0.25) is 0 Å². The lowest BCUT2D eigenvalue weighted by Gasteiger charge is -2.19. The summed E-state index contributed by atoms with van der Waals surface area (Å²) < 4.78 is 5.38. The van der Waals surface area contributed by atoms with Gasteiger partial charge in [-0.1, -0.05) is 60.7 Å². The number of hydrogen-bond donors (Lipinski definition) is 1. The minimum atomic E-state index is -0.570. The minimum absolute atomic E-state index is 0.238. The third-order valence-electron chi connectivity index (χ3n) is 4.49. The lowest BCUT2D eigenvalue weighted by atomic mass is 9.95. The van der Waals surface area contributed by atoms with E-state index in [1.54, 1.807) is 0 Å². The molecule has 0 saturated heterocycles. The number of carbonyl (C=O) groups excluding carboxylic acids is 1. The van der Waals surface area contributed by atoms with Gasteiger partial charge in [0.1, 0.15) is 5.60 Å². The molecule has 132 valence electrons. The van der Waals surface area contributed by atoms with E-state index < -0.39 is 5.60 Å². The average molecular weight is 345 g/mol. The van der Waals surface area contributed by atoms with Crippen LogP contribution in [0.1, 0.15) is 37.5 Å². The molecule has 0 amide bonds. The molecular weight excluding hydrogens is 322 g/mol. The molecule has 26 heavy (non-hydrogen) atoms. The van der Waals surface area contributed by atoms with E-state index in [0.29, 0.717) is 5.57 Å². The second-order valence-corrected chi connectivity index (χ2v) is 6.94. The Morgan fingerprint density at radius 2 is 1.23 bits per heavy atom. The van der Waals surface area contributed by atoms with E-state index in [-0.39, 0.29) is 5.97 Å². The topological polar surface area (TPSA) is 52.3 Å². The number of cyclic esters (lactones) is 1. The van der Waals surface area contributed by atoms with Crippen LogP contribution in [0.25, 0.3) is 18.2 Å². The van der Waals surface area contributed by atoms with Crippen LogP contribution in [-0.2, 0) is 9.53 Å². The molecule has 2 aromatic rings. The highest BCUT2D eigenvalue weighted by Gasteiger charge is 2.36. The number of esters is 1. The highest BCUT2D eigenvalue weighted by Crippen LogP contribution is 2.33. The Hall–Kier alpha value is -3.07. The predicted octanol–water partition coefficient (Wildman–Crippen LogP) is 5.10. The Morgan fingerprint density at radius 1 is 0.808 bits per heavy atom. The van der Waals surface area contributed by atoms with E-state index in [0.717, 1.165) is 28.0 Å². The van der Waals surface area contributed by atoms with Crippen LogP contribution in [-0.4, -0.2) is 11.6 Å². The number of carbonyl (C=O) groups is 1. The van der Waals surface area contributed by atoms with Gasteiger partial charge >= 0.3 is 5.97 Å². The number of nitrogen functional groups attached to an aromatic ring is 1. The largest absolute Gasteiger partial charge is 0.451 e. The average Bonchev–Trinajstić information content (AvgIpc) is 2.81. The highest BCUT2D eigenvalue weighted by atomic mass is 16.6. The fourth-order valence-electron chi connectivity index (χ4n) is 2.95. The Kier molecular flexibility index (Phi) is 4.81. The van der Waals surface area contributed by atoms with Gasteiger partial charge in [0.25, 0.3) is 0 Å². The van der Waals surface area contributed by atoms with Crippen molar-refractivity contribution in [2.75, 3.05) is 5.73 Å². The molecule has 3 rings (SSSR count). The number of anilines is 1. The molecule has 0 aromatic heterocycles. The monoisotopic (exact) mass is 345 g/mol. The van der Waals surface area contributed by atoms with Crippen molar-refractivity contribution < 1.29 is 9.53 Å². The number of nitrogens with two attached hydrogens (primary N) is 1. The maximum absolute atomic E-state index is 11.7. The molecule has 0 radical (unpaired) electrons. The van der Waals surface area contributed by atoms with Crippen LogP contribution in [0, 0.1) is 0 Å². The molecule has 0 spiro atoms. The Labute approximate surface area is 154 Å². The molecular formula is C23H23NO2. The van der Waals surface area contributed by atoms with Gasteiger partial charge in [0, 0.05) is 16.8 Å². The van der Waals surface area contributed by atoms with Crippen molar-refractivity contribution in [1.82, 2.24) is 0 Å². The zero-order valence-electron chi connectivity index (χ0n) is 15.3. The van der Waals surface area contributed by atoms with Crippen LogP contribution in [0.3, 0.4) is 0 Å². The maximum Gasteiger partial charge on any atom is 0.335 e. The van der Waals surface area contributed by atoms with E-state index in [4.69, 9.17) is 10.5 Å². The van der Waals surface area contributed by atoms with Crippen LogP contribution < -0.4 is 5.73 Å². The van der Waals surface area contributed by atoms with E-state index in [2.05, 4.69) is 36.4 Å². The van der Waals surface area contributed by atoms with Crippen molar-refractivity contribution in [2.24, 2.45) is 0 Å². The zero-order valence-corrected chi connectivity index (χ0v) is 15.3. The molecule has 0 saturated carbocycles. The number of benzene rings is 2. The van der Waals surface area contributed by atoms with Gasteiger partial charge in [0.2, 0.25) is 0 Å². The van der Waals surface area contributed by atoms with Gasteiger partial charge in [-0.15, -0.1) is 0 Å². The fourth-order valence-corrected chi connectivity index (χ4v) is 2.95. The van der Waals surface area contributed by atoms with Crippen LogP contribution in [0.5, 0.6) is 0 Å². The molecule has 1 heterocycles. The smallest absolute Gasteiger partial charge is 0.335 e. The Morgan fingerprint density at radius 3 is 1.65 bits per heavy atom. The molecule has 0 aliphatic carbocycles. The first-order valence-electron chi connectivity index (χ1n) is 8.62. The van der Waals surface area contributed by atoms with Gasteiger partial charge in [-0.05, 0) is 49.6 Å². The fraction of sp³-hybridized carbons (Fsp3) is 0.174. The molecule has 2 N–H and O–H groups in total. The number of rotatable bonds is 4. The molecule has 0 unspecified atom stereocenters. The normalized spacial score (nSPS) is 16.7. The van der Waals surface area contributed by atoms with E-state index in [9.17, 15) is 4.79 Å². The summed E-state index contributed by atoms with van der Waals surface area (Å²) >= 11 is 0. The van der Waals surface area contributed by atoms with Crippen LogP contribution in [0.4, 0.5) is 5.69 Å². The van der Waals surface area contributed by atoms with E-state index in [1.165, 1.54) is 0 Å². The predicted molar refractivity (Wildman–Crippen MR) is 108 cm³/mol. The summed E-state index contributed by atoms with van der Waals surface area (Å²) in [7, 11) is 0. The summed E-state index contributed by atoms with van der Waals surface area (Å²) in [6, 6.07) is 16.0. The minimum Gasteiger partial charge on any atom is -0.451 e. The van der Waals surface area contributed by atoms with Gasteiger partial charge in [-0.3, -0.25) is 0 Å². The second kappa shape index (κ2) is 7.04. The van der Waals surface area contributed by atoms with Crippen molar-refractivity contribution in [3.63, 3.8) is 0 Å². The molecule has 0 bridgehead atoms. The summed E-state index contributed by atoms with van der Waals surface area (Å²) in [5.41, 5.74) is 10.8. The Bertz CT molecular complexity index is 898. The molecule has 1 aliphatic heterocycles. The van der Waals surface area contributed by atoms with Crippen molar-refractivity contribution in [3.05, 3.63) is 82.4 Å². The summed E-state index contributed by atoms with van der Waals surface area (Å²) in [5.74, 6) is -0.238. The van der Waals surface area contributed by atoms with Gasteiger partial charge in [-0.25, -0.2) is 4.79 Å². The summed E-state index contributed by atoms with van der Waals surface area (Å²) in [6.07, 6.45) is 8.11. The van der Waals surface area contributed by atoms with Gasteiger partial charge < -0.3 is 10.5 Å². The standard InChI is InChI=1S/C23H23NO2/c1-16-21(23(2,3)26-22(16)25)15-12-18-7-4-17(5-8-18)6-9-19-10-13-20(24)14-11-19/h4-15H,24H2,1-3H3/b9-6+,15-12+. The maximum atomic E-state index is 11.7. The van der Waals surface area contributed by atoms with Crippen molar-refractivity contribution in [1.29, 1.82) is 0 Å². The number of hydrogen-bond acceptors (Lipinski definition) is 3. The first kappa shape index (κ1) is 17.7. The molecule has 1 aliphatic rings. The SMILES string of the molecule is CC1=C(/C=C/c2ccc(/C=C/c3ccc(N)cc3)cc2)C(C)(C)OC1=O. The third kappa shape index (κ3) is 3.94. The van der Waals surface area contributed by atoms with Gasteiger partial charge in [-0.2, -0.15) is 0 Å². The van der Waals surface area contributed by atoms with E-state index >= 15 is 0 Å². The quantitative estimate of drug-likeness (QED) is 0.476. The lowest BCUT2D eigenvalue weighted by Crippen LogP contribution is -2.22. The van der Waals surface area contributed by atoms with Gasteiger partial charge in [0.15, 0.2) is 0 Å². The first-order valence-corrected chi connectivity index (χ1v) is 8.62. The summed E-state index contributed by atoms with van der Waals surface area (Å²) in [4.78, 5) is 11.7.